The molecular formula is C23H31N5O2. The minimum absolute atomic E-state index is 0.0978. The zero-order valence-electron chi connectivity index (χ0n) is 17.7. The maximum absolute atomic E-state index is 12.8. The molecule has 160 valence electrons. The summed E-state index contributed by atoms with van der Waals surface area (Å²) in [6.07, 6.45) is 10.1. The van der Waals surface area contributed by atoms with E-state index in [0.717, 1.165) is 30.9 Å². The first-order valence-electron chi connectivity index (χ1n) is 11.2. The van der Waals surface area contributed by atoms with E-state index in [1.165, 1.54) is 31.2 Å². The molecule has 7 heteroatoms. The second-order valence-corrected chi connectivity index (χ2v) is 8.71. The second-order valence-electron chi connectivity index (χ2n) is 8.71. The molecule has 1 saturated carbocycles. The molecule has 2 aromatic rings. The van der Waals surface area contributed by atoms with Gasteiger partial charge in [0.1, 0.15) is 0 Å². The Balaban J connectivity index is 1.24. The summed E-state index contributed by atoms with van der Waals surface area (Å²) < 4.78 is 1.63. The van der Waals surface area contributed by atoms with Crippen LogP contribution >= 0.6 is 0 Å². The second kappa shape index (κ2) is 9.41. The number of nitrogens with zero attached hydrogens (tertiary/aromatic N) is 4. The molecular weight excluding hydrogens is 378 g/mol. The molecule has 30 heavy (non-hydrogen) atoms. The lowest BCUT2D eigenvalue weighted by Crippen LogP contribution is -2.46. The van der Waals surface area contributed by atoms with Gasteiger partial charge in [-0.15, -0.1) is 5.10 Å². The summed E-state index contributed by atoms with van der Waals surface area (Å²) >= 11 is 0. The van der Waals surface area contributed by atoms with Gasteiger partial charge >= 0.3 is 0 Å². The van der Waals surface area contributed by atoms with Crippen molar-refractivity contribution in [2.24, 2.45) is 5.92 Å². The van der Waals surface area contributed by atoms with Crippen molar-refractivity contribution in [3.8, 4) is 5.69 Å². The van der Waals surface area contributed by atoms with Crippen molar-refractivity contribution in [2.75, 3.05) is 13.1 Å². The van der Waals surface area contributed by atoms with Crippen LogP contribution in [-0.2, 0) is 4.79 Å². The van der Waals surface area contributed by atoms with Gasteiger partial charge in [-0.1, -0.05) is 48.6 Å². The normalized spacial score (nSPS) is 18.0. The first kappa shape index (κ1) is 20.6. The van der Waals surface area contributed by atoms with Crippen LogP contribution < -0.4 is 5.32 Å². The molecule has 0 atom stereocenters. The van der Waals surface area contributed by atoms with E-state index in [2.05, 4.69) is 15.6 Å². The highest BCUT2D eigenvalue weighted by molar-refractivity contribution is 5.92. The number of nitrogens with one attached hydrogen (secondary N) is 1. The van der Waals surface area contributed by atoms with Crippen molar-refractivity contribution in [1.82, 2.24) is 25.2 Å². The van der Waals surface area contributed by atoms with E-state index < -0.39 is 0 Å². The van der Waals surface area contributed by atoms with Crippen molar-refractivity contribution in [3.63, 3.8) is 0 Å². The number of aryl methyl sites for hydroxylation is 1. The molecule has 0 bridgehead atoms. The Kier molecular flexibility index (Phi) is 6.45. The van der Waals surface area contributed by atoms with Gasteiger partial charge in [-0.05, 0) is 44.2 Å². The average Bonchev–Trinajstić information content (AvgIpc) is 3.45. The van der Waals surface area contributed by atoms with Gasteiger partial charge in [0.2, 0.25) is 5.91 Å². The molecule has 1 aliphatic heterocycles. The molecule has 2 heterocycles. The number of hydrogen-bond acceptors (Lipinski definition) is 4. The van der Waals surface area contributed by atoms with Crippen molar-refractivity contribution in [2.45, 2.75) is 64.3 Å². The van der Waals surface area contributed by atoms with Crippen molar-refractivity contribution >= 4 is 11.8 Å². The van der Waals surface area contributed by atoms with E-state index in [0.29, 0.717) is 25.2 Å². The van der Waals surface area contributed by atoms with Crippen LogP contribution in [0.2, 0.25) is 0 Å². The largest absolute Gasteiger partial charge is 0.353 e. The zero-order valence-corrected chi connectivity index (χ0v) is 17.7. The number of carbonyl (C=O) groups excluding carboxylic acids is 2. The molecule has 0 unspecified atom stereocenters. The number of hydrogen-bond donors (Lipinski definition) is 1. The topological polar surface area (TPSA) is 80.1 Å². The molecule has 0 spiro atoms. The van der Waals surface area contributed by atoms with Crippen molar-refractivity contribution in [1.29, 1.82) is 0 Å². The maximum atomic E-state index is 12.8. The molecule has 1 aromatic carbocycles. The Hall–Kier alpha value is -2.70. The summed E-state index contributed by atoms with van der Waals surface area (Å²) in [5.74, 6) is 0.802. The third-order valence-electron chi connectivity index (χ3n) is 6.41. The Morgan fingerprint density at radius 2 is 1.77 bits per heavy atom. The summed E-state index contributed by atoms with van der Waals surface area (Å²) in [6, 6.07) is 8.09. The molecule has 0 radical (unpaired) electrons. The highest BCUT2D eigenvalue weighted by Crippen LogP contribution is 2.28. The number of amides is 2. The van der Waals surface area contributed by atoms with Crippen molar-refractivity contribution < 1.29 is 9.59 Å². The fourth-order valence-electron chi connectivity index (χ4n) is 4.51. The molecule has 1 aliphatic carbocycles. The minimum Gasteiger partial charge on any atom is -0.353 e. The highest BCUT2D eigenvalue weighted by Gasteiger charge is 2.26. The van der Waals surface area contributed by atoms with Crippen LogP contribution in [0.1, 0.15) is 67.4 Å². The molecule has 2 fully saturated rings. The van der Waals surface area contributed by atoms with Gasteiger partial charge in [-0.3, -0.25) is 9.59 Å². The van der Waals surface area contributed by atoms with E-state index >= 15 is 0 Å². The van der Waals surface area contributed by atoms with Crippen LogP contribution in [0.15, 0.2) is 30.5 Å². The van der Waals surface area contributed by atoms with Crippen LogP contribution in [-0.4, -0.2) is 50.8 Å². The number of benzene rings is 1. The maximum Gasteiger partial charge on any atom is 0.276 e. The Morgan fingerprint density at radius 3 is 2.47 bits per heavy atom. The lowest BCUT2D eigenvalue weighted by molar-refractivity contribution is -0.122. The predicted octanol–water partition coefficient (Wildman–Crippen LogP) is 3.27. The summed E-state index contributed by atoms with van der Waals surface area (Å²) in [5.41, 5.74) is 2.41. The summed E-state index contributed by atoms with van der Waals surface area (Å²) in [5, 5.41) is 11.3. The molecule has 7 nitrogen and oxygen atoms in total. The van der Waals surface area contributed by atoms with Gasteiger partial charge in [0.25, 0.3) is 5.91 Å². The Bertz CT molecular complexity index is 862. The smallest absolute Gasteiger partial charge is 0.276 e. The van der Waals surface area contributed by atoms with Crippen LogP contribution in [0.4, 0.5) is 0 Å². The zero-order chi connectivity index (χ0) is 20.9. The van der Waals surface area contributed by atoms with Gasteiger partial charge in [-0.2, -0.15) is 0 Å². The first-order valence-corrected chi connectivity index (χ1v) is 11.2. The third-order valence-corrected chi connectivity index (χ3v) is 6.41. The lowest BCUT2D eigenvalue weighted by atomic mass is 10.0. The number of carbonyl (C=O) groups is 2. The van der Waals surface area contributed by atoms with Gasteiger partial charge in [0.05, 0.1) is 11.9 Å². The van der Waals surface area contributed by atoms with Gasteiger partial charge in [0, 0.05) is 25.6 Å². The van der Waals surface area contributed by atoms with E-state index in [1.807, 2.05) is 36.1 Å². The number of aromatic nitrogens is 3. The van der Waals surface area contributed by atoms with Crippen LogP contribution in [0.25, 0.3) is 5.69 Å². The van der Waals surface area contributed by atoms with Gasteiger partial charge in [0.15, 0.2) is 5.69 Å². The van der Waals surface area contributed by atoms with E-state index in [-0.39, 0.29) is 17.9 Å². The van der Waals surface area contributed by atoms with Crippen LogP contribution in [0, 0.1) is 12.8 Å². The number of piperidine rings is 1. The lowest BCUT2D eigenvalue weighted by Gasteiger charge is -2.32. The monoisotopic (exact) mass is 409 g/mol. The molecule has 1 N–H and O–H groups in total. The average molecular weight is 410 g/mol. The quantitative estimate of drug-likeness (QED) is 0.794. The fourth-order valence-corrected chi connectivity index (χ4v) is 4.51. The van der Waals surface area contributed by atoms with Crippen LogP contribution in [0.3, 0.4) is 0 Å². The van der Waals surface area contributed by atoms with E-state index in [1.54, 1.807) is 10.9 Å². The number of likely N-dealkylation sites (tertiary alicyclic amines) is 1. The first-order chi connectivity index (χ1) is 14.6. The van der Waals surface area contributed by atoms with E-state index in [4.69, 9.17) is 0 Å². The Morgan fingerprint density at radius 1 is 1.07 bits per heavy atom. The molecule has 1 saturated heterocycles. The summed E-state index contributed by atoms with van der Waals surface area (Å²) in [6.45, 7) is 3.29. The van der Waals surface area contributed by atoms with E-state index in [9.17, 15) is 9.59 Å². The standard InChI is InChI=1S/C23H31N5O2/c1-17-6-9-20(10-7-17)28-16-21(25-26-28)23(30)27-14-12-19(13-15-27)24-22(29)11-8-18-4-2-3-5-18/h6-7,9-10,16,18-19H,2-5,8,11-15H2,1H3,(H,24,29). The predicted molar refractivity (Wildman–Crippen MR) is 114 cm³/mol. The number of rotatable bonds is 6. The van der Waals surface area contributed by atoms with Crippen LogP contribution in [0.5, 0.6) is 0 Å². The summed E-state index contributed by atoms with van der Waals surface area (Å²) in [4.78, 5) is 26.9. The Labute approximate surface area is 177 Å². The van der Waals surface area contributed by atoms with Gasteiger partial charge in [-0.25, -0.2) is 4.68 Å². The third kappa shape index (κ3) is 5.07. The fraction of sp³-hybridized carbons (Fsp3) is 0.565. The minimum atomic E-state index is -0.0978. The molecule has 1 aromatic heterocycles. The summed E-state index contributed by atoms with van der Waals surface area (Å²) in [7, 11) is 0. The molecule has 2 amide bonds. The molecule has 2 aliphatic rings. The van der Waals surface area contributed by atoms with Crippen molar-refractivity contribution in [3.05, 3.63) is 41.7 Å². The SMILES string of the molecule is Cc1ccc(-n2cc(C(=O)N3CCC(NC(=O)CCC4CCCC4)CC3)nn2)cc1. The highest BCUT2D eigenvalue weighted by atomic mass is 16.2. The van der Waals surface area contributed by atoms with Gasteiger partial charge < -0.3 is 10.2 Å². The molecule has 4 rings (SSSR count).